The minimum Gasteiger partial charge on any atom is -0.494 e. The number of hydrogen-bond donors (Lipinski definition) is 2. The van der Waals surface area contributed by atoms with Crippen molar-refractivity contribution in [3.8, 4) is 5.75 Å². The summed E-state index contributed by atoms with van der Waals surface area (Å²) in [5.74, 6) is -0.874. The first kappa shape index (κ1) is 25.1. The van der Waals surface area contributed by atoms with Crippen LogP contribution in [-0.2, 0) is 10.0 Å². The summed E-state index contributed by atoms with van der Waals surface area (Å²) in [5.41, 5.74) is 1.87. The molecule has 0 aliphatic heterocycles. The first-order valence-corrected chi connectivity index (χ1v) is 12.8. The Labute approximate surface area is 209 Å². The molecule has 0 aliphatic carbocycles. The highest BCUT2D eigenvalue weighted by atomic mass is 32.2. The zero-order valence-electron chi connectivity index (χ0n) is 19.5. The van der Waals surface area contributed by atoms with Crippen LogP contribution >= 0.6 is 0 Å². The zero-order valence-corrected chi connectivity index (χ0v) is 20.3. The predicted octanol–water partition coefficient (Wildman–Crippen LogP) is 5.54. The van der Waals surface area contributed by atoms with Crippen LogP contribution < -0.4 is 14.8 Å². The van der Waals surface area contributed by atoms with Crippen molar-refractivity contribution in [3.63, 3.8) is 0 Å². The highest BCUT2D eigenvalue weighted by Gasteiger charge is 2.26. The Balaban J connectivity index is 1.61. The highest BCUT2D eigenvalue weighted by molar-refractivity contribution is 7.89. The molecule has 184 valence electrons. The van der Waals surface area contributed by atoms with Gasteiger partial charge in [-0.1, -0.05) is 60.7 Å². The average Bonchev–Trinajstić information content (AvgIpc) is 2.90. The SMILES string of the molecule is CCOc1ccc(NC(=O)c2ccc(F)c(S(=O)(=O)NC(c3ccccc3)c3ccccc3)c2)cc1. The summed E-state index contributed by atoms with van der Waals surface area (Å²) in [5, 5.41) is 2.69. The van der Waals surface area contributed by atoms with Gasteiger partial charge < -0.3 is 10.1 Å². The van der Waals surface area contributed by atoms with Crippen LogP contribution in [0.2, 0.25) is 0 Å². The van der Waals surface area contributed by atoms with Gasteiger partial charge in [-0.25, -0.2) is 12.8 Å². The summed E-state index contributed by atoms with van der Waals surface area (Å²) in [6, 6.07) is 27.2. The van der Waals surface area contributed by atoms with Gasteiger partial charge in [0.1, 0.15) is 16.5 Å². The summed E-state index contributed by atoms with van der Waals surface area (Å²) in [4.78, 5) is 12.2. The van der Waals surface area contributed by atoms with Gasteiger partial charge in [-0.15, -0.1) is 0 Å². The molecule has 2 N–H and O–H groups in total. The third kappa shape index (κ3) is 5.97. The van der Waals surface area contributed by atoms with Crippen LogP contribution in [0.4, 0.5) is 10.1 Å². The molecule has 0 radical (unpaired) electrons. The molecule has 1 amide bonds. The molecule has 0 fully saturated rings. The van der Waals surface area contributed by atoms with Crippen molar-refractivity contribution in [1.82, 2.24) is 4.72 Å². The fraction of sp³-hybridized carbons (Fsp3) is 0.107. The van der Waals surface area contributed by atoms with Crippen molar-refractivity contribution in [2.45, 2.75) is 17.9 Å². The van der Waals surface area contributed by atoms with E-state index in [-0.39, 0.29) is 5.56 Å². The minimum atomic E-state index is -4.35. The van der Waals surface area contributed by atoms with Gasteiger partial charge in [0.15, 0.2) is 0 Å². The lowest BCUT2D eigenvalue weighted by molar-refractivity contribution is 0.102. The molecule has 0 heterocycles. The van der Waals surface area contributed by atoms with E-state index in [1.807, 2.05) is 19.1 Å². The number of rotatable bonds is 9. The maximum atomic E-state index is 14.8. The molecule has 0 bridgehead atoms. The summed E-state index contributed by atoms with van der Waals surface area (Å²) in [7, 11) is -4.35. The number of ether oxygens (including phenoxy) is 1. The molecule has 6 nitrogen and oxygen atoms in total. The molecule has 0 saturated carbocycles. The molecule has 0 aliphatic rings. The monoisotopic (exact) mass is 504 g/mol. The Morgan fingerprint density at radius 1 is 0.861 bits per heavy atom. The molecular weight excluding hydrogens is 479 g/mol. The highest BCUT2D eigenvalue weighted by Crippen LogP contribution is 2.26. The van der Waals surface area contributed by atoms with Crippen molar-refractivity contribution in [2.24, 2.45) is 0 Å². The van der Waals surface area contributed by atoms with E-state index in [4.69, 9.17) is 4.74 Å². The van der Waals surface area contributed by atoms with E-state index in [1.54, 1.807) is 72.8 Å². The van der Waals surface area contributed by atoms with Crippen LogP contribution in [0, 0.1) is 5.82 Å². The maximum Gasteiger partial charge on any atom is 0.255 e. The van der Waals surface area contributed by atoms with Crippen molar-refractivity contribution < 1.29 is 22.3 Å². The second kappa shape index (κ2) is 11.2. The third-order valence-electron chi connectivity index (χ3n) is 5.44. The fourth-order valence-corrected chi connectivity index (χ4v) is 5.01. The van der Waals surface area contributed by atoms with Crippen molar-refractivity contribution >= 4 is 21.6 Å². The molecule has 4 rings (SSSR count). The fourth-order valence-electron chi connectivity index (χ4n) is 3.69. The van der Waals surface area contributed by atoms with Gasteiger partial charge in [-0.3, -0.25) is 4.79 Å². The van der Waals surface area contributed by atoms with Crippen LogP contribution in [0.15, 0.2) is 108 Å². The minimum absolute atomic E-state index is 0.00151. The Hall–Kier alpha value is -4.01. The number of hydrogen-bond acceptors (Lipinski definition) is 4. The van der Waals surface area contributed by atoms with E-state index < -0.39 is 32.7 Å². The number of nitrogens with one attached hydrogen (secondary N) is 2. The lowest BCUT2D eigenvalue weighted by Gasteiger charge is -2.20. The molecule has 0 atom stereocenters. The van der Waals surface area contributed by atoms with Crippen LogP contribution in [0.5, 0.6) is 5.75 Å². The average molecular weight is 505 g/mol. The van der Waals surface area contributed by atoms with Crippen molar-refractivity contribution in [3.05, 3.63) is 126 Å². The molecule has 0 spiro atoms. The first-order valence-electron chi connectivity index (χ1n) is 11.3. The van der Waals surface area contributed by atoms with Gasteiger partial charge in [-0.2, -0.15) is 4.72 Å². The normalized spacial score (nSPS) is 11.3. The molecule has 4 aromatic carbocycles. The first-order chi connectivity index (χ1) is 17.4. The lowest BCUT2D eigenvalue weighted by atomic mass is 10.00. The van der Waals surface area contributed by atoms with E-state index in [1.165, 1.54) is 6.07 Å². The van der Waals surface area contributed by atoms with Crippen LogP contribution in [0.1, 0.15) is 34.5 Å². The summed E-state index contributed by atoms with van der Waals surface area (Å²) in [6.45, 7) is 2.38. The van der Waals surface area contributed by atoms with E-state index in [2.05, 4.69) is 10.0 Å². The van der Waals surface area contributed by atoms with Gasteiger partial charge >= 0.3 is 0 Å². The van der Waals surface area contributed by atoms with Crippen LogP contribution in [0.25, 0.3) is 0 Å². The summed E-state index contributed by atoms with van der Waals surface area (Å²) >= 11 is 0. The van der Waals surface area contributed by atoms with Crippen LogP contribution in [0.3, 0.4) is 0 Å². The molecule has 8 heteroatoms. The maximum absolute atomic E-state index is 14.8. The largest absolute Gasteiger partial charge is 0.494 e. The number of carbonyl (C=O) groups is 1. The second-order valence-electron chi connectivity index (χ2n) is 7.93. The number of sulfonamides is 1. The van der Waals surface area contributed by atoms with E-state index in [9.17, 15) is 17.6 Å². The predicted molar refractivity (Wildman–Crippen MR) is 137 cm³/mol. The number of anilines is 1. The van der Waals surface area contributed by atoms with Crippen LogP contribution in [-0.4, -0.2) is 20.9 Å². The summed E-state index contributed by atoms with van der Waals surface area (Å²) in [6.07, 6.45) is 0. The Bertz CT molecular complexity index is 1390. The number of benzene rings is 4. The summed E-state index contributed by atoms with van der Waals surface area (Å²) < 4.78 is 49.4. The molecule has 0 saturated heterocycles. The third-order valence-corrected chi connectivity index (χ3v) is 6.88. The van der Waals surface area contributed by atoms with E-state index in [0.29, 0.717) is 29.2 Å². The number of halogens is 1. The number of amides is 1. The quantitative estimate of drug-likeness (QED) is 0.313. The van der Waals surface area contributed by atoms with Gasteiger partial charge in [0.25, 0.3) is 5.91 Å². The van der Waals surface area contributed by atoms with Gasteiger partial charge in [-0.05, 0) is 60.5 Å². The van der Waals surface area contributed by atoms with Gasteiger partial charge in [0.05, 0.1) is 12.6 Å². The molecule has 0 aromatic heterocycles. The zero-order chi connectivity index (χ0) is 25.5. The molecule has 0 unspecified atom stereocenters. The van der Waals surface area contributed by atoms with E-state index in [0.717, 1.165) is 12.1 Å². The van der Waals surface area contributed by atoms with Crippen molar-refractivity contribution in [2.75, 3.05) is 11.9 Å². The molecular formula is C28H25FN2O4S. The number of carbonyl (C=O) groups excluding carboxylic acids is 1. The molecule has 36 heavy (non-hydrogen) atoms. The Kier molecular flexibility index (Phi) is 7.77. The topological polar surface area (TPSA) is 84.5 Å². The molecule has 4 aromatic rings. The standard InChI is InChI=1S/C28H25FN2O4S/c1-2-35-24-16-14-23(15-17-24)30-28(32)22-13-18-25(29)26(19-22)36(33,34)31-27(20-9-5-3-6-10-20)21-11-7-4-8-12-21/h3-19,27,31H,2H2,1H3,(H,30,32). The Morgan fingerprint density at radius 3 is 2.00 bits per heavy atom. The van der Waals surface area contributed by atoms with Crippen molar-refractivity contribution in [1.29, 1.82) is 0 Å². The van der Waals surface area contributed by atoms with Gasteiger partial charge in [0.2, 0.25) is 10.0 Å². The lowest BCUT2D eigenvalue weighted by Crippen LogP contribution is -2.30. The Morgan fingerprint density at radius 2 is 1.44 bits per heavy atom. The van der Waals surface area contributed by atoms with Gasteiger partial charge in [0, 0.05) is 11.3 Å². The van der Waals surface area contributed by atoms with E-state index >= 15 is 0 Å². The smallest absolute Gasteiger partial charge is 0.255 e. The second-order valence-corrected chi connectivity index (χ2v) is 9.61.